The van der Waals surface area contributed by atoms with Crippen LogP contribution in [0.3, 0.4) is 0 Å². The van der Waals surface area contributed by atoms with Crippen molar-refractivity contribution in [2.45, 2.75) is 43.3 Å². The molecule has 2 aliphatic rings. The number of hydrogen-bond donors (Lipinski definition) is 0. The maximum atomic E-state index is 12.8. The van der Waals surface area contributed by atoms with Crippen molar-refractivity contribution >= 4 is 41.2 Å². The summed E-state index contributed by atoms with van der Waals surface area (Å²) in [6.07, 6.45) is 10.6. The minimum absolute atomic E-state index is 0.134. The van der Waals surface area contributed by atoms with Crippen molar-refractivity contribution in [2.75, 3.05) is 50.4 Å². The molecule has 4 rings (SSSR count). The van der Waals surface area contributed by atoms with Crippen LogP contribution in [-0.2, 0) is 4.79 Å². The van der Waals surface area contributed by atoms with E-state index < -0.39 is 0 Å². The van der Waals surface area contributed by atoms with E-state index in [1.165, 1.54) is 49.4 Å². The SMILES string of the molecule is CN(c1cc(Cl)nc(SCC(=O)N2CCN(CC=Cc3ccccc3)CC2)n1)C1CCCCC1. The Labute approximate surface area is 212 Å². The van der Waals surface area contributed by atoms with Crippen LogP contribution in [0, 0.1) is 0 Å². The minimum atomic E-state index is 0.134. The fraction of sp³-hybridized carbons (Fsp3) is 0.500. The van der Waals surface area contributed by atoms with Gasteiger partial charge in [-0.25, -0.2) is 9.97 Å². The highest BCUT2D eigenvalue weighted by atomic mass is 35.5. The Morgan fingerprint density at radius 1 is 1.12 bits per heavy atom. The lowest BCUT2D eigenvalue weighted by molar-refractivity contribution is -0.130. The van der Waals surface area contributed by atoms with Gasteiger partial charge in [0.15, 0.2) is 5.16 Å². The number of thioether (sulfide) groups is 1. The Morgan fingerprint density at radius 2 is 1.85 bits per heavy atom. The predicted octanol–water partition coefficient (Wildman–Crippen LogP) is 4.85. The number of amides is 1. The number of carbonyl (C=O) groups excluding carboxylic acids is 1. The van der Waals surface area contributed by atoms with Crippen molar-refractivity contribution in [1.82, 2.24) is 19.8 Å². The zero-order valence-corrected chi connectivity index (χ0v) is 21.5. The molecule has 1 saturated heterocycles. The van der Waals surface area contributed by atoms with Gasteiger partial charge in [0.1, 0.15) is 11.0 Å². The highest BCUT2D eigenvalue weighted by Gasteiger charge is 2.22. The summed E-state index contributed by atoms with van der Waals surface area (Å²) < 4.78 is 0. The van der Waals surface area contributed by atoms with Crippen LogP contribution in [0.5, 0.6) is 0 Å². The molecule has 0 atom stereocenters. The van der Waals surface area contributed by atoms with Crippen LogP contribution in [0.4, 0.5) is 5.82 Å². The molecular formula is C26H34ClN5OS. The fourth-order valence-corrected chi connectivity index (χ4v) is 5.57. The van der Waals surface area contributed by atoms with Gasteiger partial charge >= 0.3 is 0 Å². The van der Waals surface area contributed by atoms with Crippen LogP contribution in [0.15, 0.2) is 47.6 Å². The summed E-state index contributed by atoms with van der Waals surface area (Å²) in [4.78, 5) is 28.4. The number of anilines is 1. The number of nitrogens with zero attached hydrogens (tertiary/aromatic N) is 5. The van der Waals surface area contributed by atoms with E-state index in [1.54, 1.807) is 0 Å². The molecule has 1 aromatic heterocycles. The van der Waals surface area contributed by atoms with Crippen molar-refractivity contribution < 1.29 is 4.79 Å². The normalized spacial score (nSPS) is 17.9. The molecule has 2 aromatic rings. The lowest BCUT2D eigenvalue weighted by atomic mass is 9.94. The number of aromatic nitrogens is 2. The quantitative estimate of drug-likeness (QED) is 0.294. The third-order valence-corrected chi connectivity index (χ3v) is 7.69. The number of piperazine rings is 1. The first-order valence-electron chi connectivity index (χ1n) is 12.2. The molecule has 1 aromatic carbocycles. The van der Waals surface area contributed by atoms with Crippen LogP contribution in [0.1, 0.15) is 37.7 Å². The molecule has 0 unspecified atom stereocenters. The number of rotatable bonds is 8. The number of hydrogen-bond acceptors (Lipinski definition) is 6. The van der Waals surface area contributed by atoms with Crippen molar-refractivity contribution in [3.8, 4) is 0 Å². The van der Waals surface area contributed by atoms with E-state index in [2.05, 4.69) is 46.1 Å². The second-order valence-electron chi connectivity index (χ2n) is 9.02. The van der Waals surface area contributed by atoms with Gasteiger partial charge in [-0.15, -0.1) is 0 Å². The number of carbonyl (C=O) groups is 1. The Bertz CT molecular complexity index is 959. The molecule has 8 heteroatoms. The van der Waals surface area contributed by atoms with Gasteiger partial charge in [-0.3, -0.25) is 9.69 Å². The standard InChI is InChI=1S/C26H34ClN5OS/c1-30(22-12-6-3-7-13-22)24-19-23(27)28-26(29-24)34-20-25(33)32-17-15-31(16-18-32)14-8-11-21-9-4-2-5-10-21/h2,4-5,8-11,19,22H,3,6-7,12-18,20H2,1H3. The van der Waals surface area contributed by atoms with Gasteiger partial charge in [-0.1, -0.05) is 85.1 Å². The van der Waals surface area contributed by atoms with E-state index in [-0.39, 0.29) is 5.91 Å². The smallest absolute Gasteiger partial charge is 0.233 e. The van der Waals surface area contributed by atoms with Crippen LogP contribution < -0.4 is 4.90 Å². The largest absolute Gasteiger partial charge is 0.357 e. The van der Waals surface area contributed by atoms with Crippen LogP contribution in [0.2, 0.25) is 5.15 Å². The summed E-state index contributed by atoms with van der Waals surface area (Å²) in [5, 5.41) is 1.00. The van der Waals surface area contributed by atoms with E-state index in [4.69, 9.17) is 16.6 Å². The zero-order valence-electron chi connectivity index (χ0n) is 19.9. The highest BCUT2D eigenvalue weighted by molar-refractivity contribution is 7.99. The summed E-state index contributed by atoms with van der Waals surface area (Å²) in [6, 6.07) is 12.7. The third-order valence-electron chi connectivity index (χ3n) is 6.67. The van der Waals surface area contributed by atoms with Crippen LogP contribution >= 0.6 is 23.4 Å². The lowest BCUT2D eigenvalue weighted by Gasteiger charge is -2.34. The predicted molar refractivity (Wildman–Crippen MR) is 142 cm³/mol. The summed E-state index contributed by atoms with van der Waals surface area (Å²) in [6.45, 7) is 4.19. The molecule has 6 nitrogen and oxygen atoms in total. The van der Waals surface area contributed by atoms with Gasteiger partial charge in [0.25, 0.3) is 0 Å². The zero-order chi connectivity index (χ0) is 23.8. The monoisotopic (exact) mass is 499 g/mol. The average Bonchev–Trinajstić information content (AvgIpc) is 2.88. The van der Waals surface area contributed by atoms with E-state index in [9.17, 15) is 4.79 Å². The van der Waals surface area contributed by atoms with E-state index in [0.717, 1.165) is 38.5 Å². The highest BCUT2D eigenvalue weighted by Crippen LogP contribution is 2.28. The van der Waals surface area contributed by atoms with Crippen molar-refractivity contribution in [2.24, 2.45) is 0 Å². The Kier molecular flexibility index (Phi) is 9.25. The summed E-state index contributed by atoms with van der Waals surface area (Å²) in [5.74, 6) is 1.31. The summed E-state index contributed by atoms with van der Waals surface area (Å²) >= 11 is 7.67. The first kappa shape index (κ1) is 25.0. The lowest BCUT2D eigenvalue weighted by Crippen LogP contribution is -2.49. The second-order valence-corrected chi connectivity index (χ2v) is 10.3. The van der Waals surface area contributed by atoms with Crippen molar-refractivity contribution in [3.05, 3.63) is 53.2 Å². The van der Waals surface area contributed by atoms with Gasteiger partial charge in [0.2, 0.25) is 5.91 Å². The van der Waals surface area contributed by atoms with Crippen LogP contribution in [-0.4, -0.2) is 77.2 Å². The van der Waals surface area contributed by atoms with E-state index in [1.807, 2.05) is 29.2 Å². The van der Waals surface area contributed by atoms with Crippen molar-refractivity contribution in [1.29, 1.82) is 0 Å². The average molecular weight is 500 g/mol. The molecule has 182 valence electrons. The molecule has 0 N–H and O–H groups in total. The molecule has 34 heavy (non-hydrogen) atoms. The first-order chi connectivity index (χ1) is 16.6. The van der Waals surface area contributed by atoms with Crippen LogP contribution in [0.25, 0.3) is 6.08 Å². The maximum absolute atomic E-state index is 12.8. The molecule has 0 spiro atoms. The molecule has 0 radical (unpaired) electrons. The number of benzene rings is 1. The molecule has 2 fully saturated rings. The maximum Gasteiger partial charge on any atom is 0.233 e. The second kappa shape index (κ2) is 12.6. The Hall–Kier alpha value is -2.09. The van der Waals surface area contributed by atoms with Crippen molar-refractivity contribution in [3.63, 3.8) is 0 Å². The molecule has 2 heterocycles. The first-order valence-corrected chi connectivity index (χ1v) is 13.6. The molecule has 1 aliphatic carbocycles. The van der Waals surface area contributed by atoms with Gasteiger partial charge in [0.05, 0.1) is 5.75 Å². The van der Waals surface area contributed by atoms with Gasteiger partial charge in [-0.05, 0) is 18.4 Å². The molecule has 1 saturated carbocycles. The van der Waals surface area contributed by atoms with E-state index in [0.29, 0.717) is 22.1 Å². The minimum Gasteiger partial charge on any atom is -0.357 e. The molecule has 0 bridgehead atoms. The molecule has 1 amide bonds. The molecular weight excluding hydrogens is 466 g/mol. The Balaban J connectivity index is 1.23. The van der Waals surface area contributed by atoms with E-state index >= 15 is 0 Å². The summed E-state index contributed by atoms with van der Waals surface area (Å²) in [7, 11) is 2.09. The van der Waals surface area contributed by atoms with Gasteiger partial charge in [0, 0.05) is 51.9 Å². The Morgan fingerprint density at radius 3 is 2.59 bits per heavy atom. The topological polar surface area (TPSA) is 52.6 Å². The molecule has 1 aliphatic heterocycles. The fourth-order valence-electron chi connectivity index (χ4n) is 4.59. The number of halogens is 1. The third kappa shape index (κ3) is 7.20. The van der Waals surface area contributed by atoms with Gasteiger partial charge < -0.3 is 9.80 Å². The summed E-state index contributed by atoms with van der Waals surface area (Å²) in [5.41, 5.74) is 1.21. The van der Waals surface area contributed by atoms with Gasteiger partial charge in [-0.2, -0.15) is 0 Å².